The lowest BCUT2D eigenvalue weighted by Crippen LogP contribution is -2.49. The molecule has 1 aliphatic rings. The summed E-state index contributed by atoms with van der Waals surface area (Å²) >= 11 is 0. The smallest absolute Gasteiger partial charge is 0.223 e. The maximum absolute atomic E-state index is 13.0. The highest BCUT2D eigenvalue weighted by Crippen LogP contribution is 2.23. The van der Waals surface area contributed by atoms with E-state index in [9.17, 15) is 4.79 Å². The van der Waals surface area contributed by atoms with Crippen LogP contribution in [0.1, 0.15) is 49.1 Å². The number of hydrogen-bond donors (Lipinski definition) is 1. The molecule has 28 heavy (non-hydrogen) atoms. The lowest BCUT2D eigenvalue weighted by molar-refractivity contribution is -0.134. The normalized spacial score (nSPS) is 17.1. The third-order valence-corrected chi connectivity index (χ3v) is 5.38. The van der Waals surface area contributed by atoms with Crippen molar-refractivity contribution in [2.24, 2.45) is 13.0 Å². The molecule has 8 heteroatoms. The van der Waals surface area contributed by atoms with Crippen molar-refractivity contribution in [2.75, 3.05) is 19.6 Å². The molecule has 1 amide bonds. The number of halogens is 1. The monoisotopic (exact) mass is 408 g/mol. The van der Waals surface area contributed by atoms with E-state index in [2.05, 4.69) is 40.9 Å². The molecule has 0 spiro atoms. The molecule has 1 N–H and O–H groups in total. The molecule has 1 unspecified atom stereocenters. The number of piperazine rings is 1. The van der Waals surface area contributed by atoms with Gasteiger partial charge in [0.1, 0.15) is 11.9 Å². The molecule has 0 aliphatic carbocycles. The lowest BCUT2D eigenvalue weighted by atomic mass is 10.1. The zero-order chi connectivity index (χ0) is 19.6. The lowest BCUT2D eigenvalue weighted by Gasteiger charge is -2.35. The summed E-state index contributed by atoms with van der Waals surface area (Å²) in [7, 11) is 1.98. The highest BCUT2D eigenvalue weighted by atomic mass is 35.5. The summed E-state index contributed by atoms with van der Waals surface area (Å²) in [6.45, 7) is 11.8. The topological polar surface area (TPSA) is 68.0 Å². The molecule has 0 radical (unpaired) electrons. The van der Waals surface area contributed by atoms with E-state index in [1.54, 1.807) is 6.20 Å². The van der Waals surface area contributed by atoms with Gasteiger partial charge in [0.25, 0.3) is 0 Å². The summed E-state index contributed by atoms with van der Waals surface area (Å²) in [5.41, 5.74) is 3.45. The molecule has 0 aromatic carbocycles. The molecule has 1 saturated heterocycles. The third kappa shape index (κ3) is 4.75. The molecule has 2 aromatic rings. The molecular formula is C20H33ClN6O. The van der Waals surface area contributed by atoms with Gasteiger partial charge in [-0.1, -0.05) is 13.8 Å². The highest BCUT2D eigenvalue weighted by Gasteiger charge is 2.30. The minimum Gasteiger partial charge on any atom is -0.336 e. The van der Waals surface area contributed by atoms with Crippen molar-refractivity contribution in [3.63, 3.8) is 0 Å². The molecular weight excluding hydrogens is 376 g/mol. The summed E-state index contributed by atoms with van der Waals surface area (Å²) in [4.78, 5) is 19.5. The number of carbonyl (C=O) groups is 1. The van der Waals surface area contributed by atoms with Gasteiger partial charge in [0.15, 0.2) is 0 Å². The van der Waals surface area contributed by atoms with E-state index in [1.165, 1.54) is 11.3 Å². The largest absolute Gasteiger partial charge is 0.336 e. The summed E-state index contributed by atoms with van der Waals surface area (Å²) in [5, 5.41) is 8.06. The van der Waals surface area contributed by atoms with Gasteiger partial charge in [0, 0.05) is 57.7 Å². The second kappa shape index (κ2) is 9.56. The van der Waals surface area contributed by atoms with Crippen molar-refractivity contribution >= 4 is 18.3 Å². The van der Waals surface area contributed by atoms with Crippen LogP contribution < -0.4 is 5.32 Å². The van der Waals surface area contributed by atoms with Gasteiger partial charge in [-0.25, -0.2) is 4.98 Å². The molecule has 1 fully saturated rings. The Hall–Kier alpha value is -1.86. The quantitative estimate of drug-likeness (QED) is 0.797. The fourth-order valence-corrected chi connectivity index (χ4v) is 3.93. The fraction of sp³-hybridized carbons (Fsp3) is 0.650. The summed E-state index contributed by atoms with van der Waals surface area (Å²) in [6, 6.07) is -0.00268. The molecule has 3 rings (SSSR count). The van der Waals surface area contributed by atoms with Crippen LogP contribution in [0.3, 0.4) is 0 Å². The molecule has 0 saturated carbocycles. The van der Waals surface area contributed by atoms with Gasteiger partial charge in [0.05, 0.1) is 5.69 Å². The van der Waals surface area contributed by atoms with Crippen LogP contribution in [-0.2, 0) is 24.8 Å². The molecule has 2 aromatic heterocycles. The first kappa shape index (κ1) is 22.4. The van der Waals surface area contributed by atoms with E-state index in [0.29, 0.717) is 12.3 Å². The van der Waals surface area contributed by atoms with E-state index in [-0.39, 0.29) is 24.4 Å². The number of aryl methyl sites for hydroxylation is 2. The van der Waals surface area contributed by atoms with E-state index in [4.69, 9.17) is 0 Å². The summed E-state index contributed by atoms with van der Waals surface area (Å²) in [6.07, 6.45) is 4.98. The van der Waals surface area contributed by atoms with Gasteiger partial charge in [-0.2, -0.15) is 5.10 Å². The van der Waals surface area contributed by atoms with E-state index < -0.39 is 0 Å². The second-order valence-electron chi connectivity index (χ2n) is 7.93. The van der Waals surface area contributed by atoms with Crippen molar-refractivity contribution in [2.45, 2.75) is 53.1 Å². The number of rotatable bonds is 6. The molecule has 1 atom stereocenters. The van der Waals surface area contributed by atoms with Crippen LogP contribution in [-0.4, -0.2) is 49.8 Å². The van der Waals surface area contributed by atoms with Gasteiger partial charge in [-0.3, -0.25) is 9.48 Å². The Morgan fingerprint density at radius 3 is 2.75 bits per heavy atom. The summed E-state index contributed by atoms with van der Waals surface area (Å²) < 4.78 is 4.09. The maximum Gasteiger partial charge on any atom is 0.223 e. The first-order valence-corrected chi connectivity index (χ1v) is 9.88. The first-order valence-electron chi connectivity index (χ1n) is 9.88. The number of aromatic nitrogens is 4. The number of hydrogen-bond acceptors (Lipinski definition) is 4. The highest BCUT2D eigenvalue weighted by molar-refractivity contribution is 5.85. The van der Waals surface area contributed by atoms with Crippen molar-refractivity contribution in [1.82, 2.24) is 29.5 Å². The number of imidazole rings is 1. The molecule has 3 heterocycles. The number of carbonyl (C=O) groups excluding carboxylic acids is 1. The van der Waals surface area contributed by atoms with Gasteiger partial charge in [0.2, 0.25) is 5.91 Å². The number of nitrogens with zero attached hydrogens (tertiary/aromatic N) is 5. The van der Waals surface area contributed by atoms with Gasteiger partial charge < -0.3 is 14.8 Å². The predicted octanol–water partition coefficient (Wildman–Crippen LogP) is 2.42. The molecule has 0 bridgehead atoms. The third-order valence-electron chi connectivity index (χ3n) is 5.38. The average molecular weight is 409 g/mol. The van der Waals surface area contributed by atoms with Crippen LogP contribution in [0.4, 0.5) is 0 Å². The summed E-state index contributed by atoms with van der Waals surface area (Å²) in [5.74, 6) is 1.68. The Balaban J connectivity index is 0.00000280. The zero-order valence-corrected chi connectivity index (χ0v) is 18.4. The average Bonchev–Trinajstić information content (AvgIpc) is 3.16. The Bertz CT molecular complexity index is 797. The van der Waals surface area contributed by atoms with Crippen LogP contribution in [0.2, 0.25) is 0 Å². The van der Waals surface area contributed by atoms with Gasteiger partial charge in [-0.05, 0) is 31.7 Å². The van der Waals surface area contributed by atoms with Crippen LogP contribution in [0, 0.1) is 19.8 Å². The Labute approximate surface area is 173 Å². The van der Waals surface area contributed by atoms with Crippen LogP contribution in [0.25, 0.3) is 0 Å². The van der Waals surface area contributed by atoms with Gasteiger partial charge in [-0.15, -0.1) is 12.4 Å². The SMILES string of the molecule is Cc1nn(CC(C)C)c(C)c1CCC(=O)N1CCNCC1c1nccn1C.Cl. The van der Waals surface area contributed by atoms with E-state index in [1.807, 2.05) is 29.6 Å². The van der Waals surface area contributed by atoms with Crippen molar-refractivity contribution in [3.05, 3.63) is 35.2 Å². The van der Waals surface area contributed by atoms with Crippen molar-refractivity contribution in [3.8, 4) is 0 Å². The van der Waals surface area contributed by atoms with Crippen LogP contribution in [0.5, 0.6) is 0 Å². The first-order chi connectivity index (χ1) is 12.9. The predicted molar refractivity (Wildman–Crippen MR) is 113 cm³/mol. The molecule has 1 aliphatic heterocycles. The van der Waals surface area contributed by atoms with Crippen molar-refractivity contribution < 1.29 is 4.79 Å². The van der Waals surface area contributed by atoms with Crippen molar-refractivity contribution in [1.29, 1.82) is 0 Å². The maximum atomic E-state index is 13.0. The Kier molecular flexibility index (Phi) is 7.66. The van der Waals surface area contributed by atoms with Crippen LogP contribution in [0.15, 0.2) is 12.4 Å². The van der Waals surface area contributed by atoms with Gasteiger partial charge >= 0.3 is 0 Å². The van der Waals surface area contributed by atoms with Crippen LogP contribution >= 0.6 is 12.4 Å². The standard InChI is InChI=1S/C20H32N6O.ClH/c1-14(2)13-26-16(4)17(15(3)23-26)6-7-19(27)25-11-8-21-12-18(25)20-22-9-10-24(20)5;/h9-10,14,18,21H,6-8,11-13H2,1-5H3;1H. The molecule has 156 valence electrons. The zero-order valence-electron chi connectivity index (χ0n) is 17.6. The minimum absolute atomic E-state index is 0. The Morgan fingerprint density at radius 1 is 1.36 bits per heavy atom. The minimum atomic E-state index is -0.00268. The Morgan fingerprint density at radius 2 is 2.11 bits per heavy atom. The van der Waals surface area contributed by atoms with E-state index in [0.717, 1.165) is 44.1 Å². The number of amides is 1. The fourth-order valence-electron chi connectivity index (χ4n) is 3.93. The molecule has 7 nitrogen and oxygen atoms in total. The number of nitrogens with one attached hydrogen (secondary N) is 1. The van der Waals surface area contributed by atoms with E-state index >= 15 is 0 Å². The second-order valence-corrected chi connectivity index (χ2v) is 7.93.